The third-order valence-corrected chi connectivity index (χ3v) is 7.42. The molecule has 3 nitrogen and oxygen atoms in total. The first-order chi connectivity index (χ1) is 6.57. The van der Waals surface area contributed by atoms with Crippen LogP contribution in [0.25, 0.3) is 0 Å². The second-order valence-electron chi connectivity index (χ2n) is 5.23. The number of hydrogen-bond acceptors (Lipinski definition) is 2. The predicted octanol–water partition coefficient (Wildman–Crippen LogP) is 2.13. The molecular formula is C10H16O3V. The zero-order valence-corrected chi connectivity index (χ0v) is 9.58. The van der Waals surface area contributed by atoms with E-state index in [1.165, 1.54) is 0 Å². The zero-order valence-electron chi connectivity index (χ0n) is 8.19. The van der Waals surface area contributed by atoms with Crippen molar-refractivity contribution in [2.45, 2.75) is 42.7 Å². The third kappa shape index (κ3) is 1.15. The maximum atomic E-state index is 11.7. The Morgan fingerprint density at radius 2 is 1.14 bits per heavy atom. The van der Waals surface area contributed by atoms with Crippen molar-refractivity contribution in [3.05, 3.63) is 0 Å². The van der Waals surface area contributed by atoms with Crippen molar-refractivity contribution in [2.75, 3.05) is 0 Å². The van der Waals surface area contributed by atoms with E-state index < -0.39 is 18.4 Å². The van der Waals surface area contributed by atoms with Gasteiger partial charge in [-0.2, -0.15) is 0 Å². The van der Waals surface area contributed by atoms with Crippen molar-refractivity contribution in [1.29, 1.82) is 0 Å². The van der Waals surface area contributed by atoms with Gasteiger partial charge in [0.1, 0.15) is 0 Å². The van der Waals surface area contributed by atoms with Crippen LogP contribution in [0.2, 0.25) is 4.13 Å². The van der Waals surface area contributed by atoms with Gasteiger partial charge in [0.15, 0.2) is 0 Å². The Kier molecular flexibility index (Phi) is 1.76. The molecule has 0 aromatic rings. The van der Waals surface area contributed by atoms with Gasteiger partial charge < -0.3 is 0 Å². The fourth-order valence-corrected chi connectivity index (χ4v) is 6.70. The molecule has 0 heterocycles. The molecule has 3 rings (SSSR count). The summed E-state index contributed by atoms with van der Waals surface area (Å²) in [6, 6.07) is 0. The summed E-state index contributed by atoms with van der Waals surface area (Å²) in [6.07, 6.45) is 6.17. The molecule has 3 fully saturated rings. The van der Waals surface area contributed by atoms with Crippen molar-refractivity contribution in [1.82, 2.24) is 0 Å². The van der Waals surface area contributed by atoms with Gasteiger partial charge in [-0.05, 0) is 0 Å². The van der Waals surface area contributed by atoms with Gasteiger partial charge >= 0.3 is 86.1 Å². The van der Waals surface area contributed by atoms with Gasteiger partial charge in [0.2, 0.25) is 0 Å². The van der Waals surface area contributed by atoms with Gasteiger partial charge in [0.05, 0.1) is 0 Å². The molecule has 0 aromatic carbocycles. The fourth-order valence-electron chi connectivity index (χ4n) is 3.33. The van der Waals surface area contributed by atoms with Gasteiger partial charge in [-0.25, -0.2) is 0 Å². The summed E-state index contributed by atoms with van der Waals surface area (Å²) in [5.41, 5.74) is 0. The van der Waals surface area contributed by atoms with Crippen LogP contribution in [0.4, 0.5) is 0 Å². The summed E-state index contributed by atoms with van der Waals surface area (Å²) in [5, 5.41) is 0. The van der Waals surface area contributed by atoms with E-state index in [0.29, 0.717) is 17.8 Å². The molecule has 0 unspecified atom stereocenters. The monoisotopic (exact) mass is 235 g/mol. The quantitative estimate of drug-likeness (QED) is 0.812. The van der Waals surface area contributed by atoms with Crippen molar-refractivity contribution in [3.63, 3.8) is 0 Å². The number of rotatable bonds is 4. The molecular weight excluding hydrogens is 219 g/mol. The van der Waals surface area contributed by atoms with Crippen LogP contribution in [0.15, 0.2) is 0 Å². The molecule has 79 valence electrons. The topological polar surface area (TPSA) is 54.4 Å². The second kappa shape index (κ2) is 2.63. The van der Waals surface area contributed by atoms with E-state index in [0.717, 1.165) is 38.5 Å². The average Bonchev–Trinajstić information content (AvgIpc) is 2.94. The Bertz CT molecular complexity index is 316. The Hall–Kier alpha value is 0.144. The molecule has 3 saturated carbocycles. The summed E-state index contributed by atoms with van der Waals surface area (Å²) in [6.45, 7) is 0. The summed E-state index contributed by atoms with van der Waals surface area (Å²) >= 11 is -4.80. The molecule has 0 aromatic heterocycles. The molecule has 0 aliphatic heterocycles. The molecule has 4 heteroatoms. The molecule has 0 amide bonds. The van der Waals surface area contributed by atoms with E-state index in [1.807, 2.05) is 0 Å². The van der Waals surface area contributed by atoms with E-state index in [2.05, 4.69) is 0 Å². The van der Waals surface area contributed by atoms with Crippen LogP contribution in [-0.4, -0.2) is 4.03 Å². The van der Waals surface area contributed by atoms with E-state index in [4.69, 9.17) is 0 Å². The van der Waals surface area contributed by atoms with Gasteiger partial charge in [-0.1, -0.05) is 0 Å². The normalized spacial score (nSPS) is 29.2. The molecule has 3 aliphatic rings. The fraction of sp³-hybridized carbons (Fsp3) is 1.00. The molecule has 0 atom stereocenters. The van der Waals surface area contributed by atoms with Gasteiger partial charge in [0, 0.05) is 0 Å². The Morgan fingerprint density at radius 3 is 1.29 bits per heavy atom. The van der Waals surface area contributed by atoms with Gasteiger partial charge in [-0.15, -0.1) is 0 Å². The average molecular weight is 235 g/mol. The molecule has 0 spiro atoms. The molecule has 14 heavy (non-hydrogen) atoms. The second-order valence-corrected chi connectivity index (χ2v) is 8.07. The van der Waals surface area contributed by atoms with Crippen LogP contribution < -0.4 is 0 Å². The van der Waals surface area contributed by atoms with Crippen LogP contribution in [0.1, 0.15) is 38.5 Å². The van der Waals surface area contributed by atoms with Gasteiger partial charge in [-0.3, -0.25) is 0 Å². The van der Waals surface area contributed by atoms with Crippen LogP contribution in [0, 0.1) is 17.8 Å². The minimum absolute atomic E-state index is 0.315. The summed E-state index contributed by atoms with van der Waals surface area (Å²) in [5.74, 6) is 0.944. The van der Waals surface area contributed by atoms with Crippen LogP contribution in [-0.2, 0) is 21.6 Å². The zero-order chi connectivity index (χ0) is 9.97. The summed E-state index contributed by atoms with van der Waals surface area (Å²) in [4.78, 5) is 0. The van der Waals surface area contributed by atoms with Crippen molar-refractivity contribution >= 4 is 0 Å². The molecule has 3 aliphatic carbocycles. The molecule has 0 bridgehead atoms. The Balaban J connectivity index is 2.05. The molecule has 0 radical (unpaired) electrons. The van der Waals surface area contributed by atoms with Gasteiger partial charge in [0.25, 0.3) is 0 Å². The van der Waals surface area contributed by atoms with E-state index in [1.54, 1.807) is 0 Å². The van der Waals surface area contributed by atoms with Crippen LogP contribution in [0.5, 0.6) is 0 Å². The number of hydrogen-bond donors (Lipinski definition) is 1. The van der Waals surface area contributed by atoms with Crippen LogP contribution >= 0.6 is 0 Å². The third-order valence-electron chi connectivity index (χ3n) is 4.18. The van der Waals surface area contributed by atoms with Crippen molar-refractivity contribution in [2.24, 2.45) is 17.8 Å². The minimum atomic E-state index is -4.80. The predicted molar refractivity (Wildman–Crippen MR) is 44.5 cm³/mol. The Morgan fingerprint density at radius 1 is 0.857 bits per heavy atom. The molecule has 0 saturated heterocycles. The summed E-state index contributed by atoms with van der Waals surface area (Å²) < 4.78 is 32.5. The Labute approximate surface area is 86.3 Å². The maximum absolute atomic E-state index is 11.7. The van der Waals surface area contributed by atoms with Crippen molar-refractivity contribution < 1.29 is 25.6 Å². The van der Waals surface area contributed by atoms with E-state index in [9.17, 15) is 11.4 Å². The van der Waals surface area contributed by atoms with E-state index in [-0.39, 0.29) is 0 Å². The first-order valence-corrected chi connectivity index (χ1v) is 8.07. The van der Waals surface area contributed by atoms with Crippen molar-refractivity contribution in [3.8, 4) is 0 Å². The first kappa shape index (κ1) is 9.38. The van der Waals surface area contributed by atoms with E-state index >= 15 is 0 Å². The van der Waals surface area contributed by atoms with Crippen LogP contribution in [0.3, 0.4) is 0 Å². The standard InChI is InChI=1S/C10H15.H2O.2O.V/c1-2-7(1)10(8-3-4-8)9-5-6-9;;;;/h7-9H,1-6H2;1H2;;;/q;;;;+1/p-1. The first-order valence-electron chi connectivity index (χ1n) is 5.60. The molecule has 1 N–H and O–H groups in total. The summed E-state index contributed by atoms with van der Waals surface area (Å²) in [7, 11) is 0. The SMILES string of the molecule is [O]=[V](=[O])([OH])[C](C1CC1)(C1CC1)C1CC1.